The maximum absolute atomic E-state index is 13.0. The van der Waals surface area contributed by atoms with E-state index in [1.807, 2.05) is 55.5 Å². The summed E-state index contributed by atoms with van der Waals surface area (Å²) in [6.45, 7) is 8.68. The quantitative estimate of drug-likeness (QED) is 0.458. The normalized spacial score (nSPS) is 11.8. The van der Waals surface area contributed by atoms with Crippen LogP contribution in [0.1, 0.15) is 37.1 Å². The van der Waals surface area contributed by atoms with Crippen molar-refractivity contribution in [2.24, 2.45) is 5.92 Å². The molecule has 1 amide bonds. The minimum Gasteiger partial charge on any atom is -0.358 e. The van der Waals surface area contributed by atoms with Crippen LogP contribution in [0.4, 0.5) is 17.5 Å². The first kappa shape index (κ1) is 22.3. The fourth-order valence-corrected chi connectivity index (χ4v) is 3.25. The Labute approximate surface area is 184 Å². The minimum absolute atomic E-state index is 0.0388. The lowest BCUT2D eigenvalue weighted by atomic mass is 10.0. The number of nitrogens with one attached hydrogen (secondary N) is 3. The molecule has 1 aromatic heterocycles. The molecule has 0 aliphatic rings. The Bertz CT molecular complexity index is 987. The average molecular weight is 418 g/mol. The molecule has 0 radical (unpaired) electrons. The molecule has 1 atom stereocenters. The Morgan fingerprint density at radius 2 is 1.68 bits per heavy atom. The summed E-state index contributed by atoms with van der Waals surface area (Å²) >= 11 is 0. The van der Waals surface area contributed by atoms with Crippen LogP contribution in [0.15, 0.2) is 60.7 Å². The van der Waals surface area contributed by atoms with Crippen LogP contribution in [0.25, 0.3) is 0 Å². The highest BCUT2D eigenvalue weighted by molar-refractivity contribution is 5.84. The summed E-state index contributed by atoms with van der Waals surface area (Å²) in [6.07, 6.45) is 0.699. The maximum atomic E-state index is 13.0. The second-order valence-electron chi connectivity index (χ2n) is 8.24. The molecule has 0 saturated carbocycles. The highest BCUT2D eigenvalue weighted by atomic mass is 16.2. The van der Waals surface area contributed by atoms with E-state index >= 15 is 0 Å². The summed E-state index contributed by atoms with van der Waals surface area (Å²) in [4.78, 5) is 22.0. The number of anilines is 3. The van der Waals surface area contributed by atoms with Crippen molar-refractivity contribution in [3.05, 3.63) is 77.5 Å². The number of hydrogen-bond acceptors (Lipinski definition) is 5. The highest BCUT2D eigenvalue weighted by Gasteiger charge is 2.20. The molecule has 6 heteroatoms. The van der Waals surface area contributed by atoms with E-state index in [4.69, 9.17) is 0 Å². The third-order valence-corrected chi connectivity index (χ3v) is 4.82. The molecule has 0 saturated heterocycles. The molecule has 0 aliphatic heterocycles. The summed E-state index contributed by atoms with van der Waals surface area (Å²) in [5.74, 6) is 1.44. The summed E-state index contributed by atoms with van der Waals surface area (Å²) in [7, 11) is 0. The van der Waals surface area contributed by atoms with E-state index in [0.29, 0.717) is 30.6 Å². The van der Waals surface area contributed by atoms with Gasteiger partial charge in [-0.3, -0.25) is 4.79 Å². The first-order valence-corrected chi connectivity index (χ1v) is 10.7. The summed E-state index contributed by atoms with van der Waals surface area (Å²) in [5.41, 5.74) is 4.01. The van der Waals surface area contributed by atoms with Gasteiger partial charge in [0.1, 0.15) is 11.9 Å². The number of para-hydroxylation sites is 1. The Balaban J connectivity index is 1.70. The molecule has 6 nitrogen and oxygen atoms in total. The lowest BCUT2D eigenvalue weighted by Crippen LogP contribution is -2.40. The molecule has 3 N–H and O–H groups in total. The Hall–Kier alpha value is -3.41. The number of carbonyl (C=O) groups is 1. The largest absolute Gasteiger partial charge is 0.358 e. The van der Waals surface area contributed by atoms with Gasteiger partial charge in [-0.05, 0) is 43.9 Å². The van der Waals surface area contributed by atoms with Crippen molar-refractivity contribution in [2.75, 3.05) is 10.6 Å². The summed E-state index contributed by atoms with van der Waals surface area (Å²) in [6, 6.07) is 19.4. The fraction of sp³-hybridized carbons (Fsp3) is 0.320. The monoisotopic (exact) mass is 417 g/mol. The molecular weight excluding hydrogens is 386 g/mol. The third kappa shape index (κ3) is 7.10. The lowest BCUT2D eigenvalue weighted by molar-refractivity contribution is -0.122. The van der Waals surface area contributed by atoms with Gasteiger partial charge >= 0.3 is 0 Å². The van der Waals surface area contributed by atoms with Crippen LogP contribution in [0.2, 0.25) is 0 Å². The lowest BCUT2D eigenvalue weighted by Gasteiger charge is -2.21. The molecule has 0 bridgehead atoms. The minimum atomic E-state index is -0.385. The number of nitrogens with zero attached hydrogens (tertiary/aromatic N) is 2. The molecular formula is C25H31N5O. The van der Waals surface area contributed by atoms with Gasteiger partial charge in [0, 0.05) is 24.0 Å². The summed E-state index contributed by atoms with van der Waals surface area (Å²) in [5, 5.41) is 9.59. The van der Waals surface area contributed by atoms with E-state index in [1.54, 1.807) is 0 Å². The van der Waals surface area contributed by atoms with E-state index in [9.17, 15) is 4.79 Å². The molecule has 3 aromatic rings. The van der Waals surface area contributed by atoms with Crippen molar-refractivity contribution in [3.63, 3.8) is 0 Å². The van der Waals surface area contributed by atoms with E-state index in [-0.39, 0.29) is 11.9 Å². The van der Waals surface area contributed by atoms with E-state index in [0.717, 1.165) is 16.9 Å². The van der Waals surface area contributed by atoms with Crippen LogP contribution in [0, 0.1) is 19.8 Å². The molecule has 2 aromatic carbocycles. The van der Waals surface area contributed by atoms with Crippen LogP contribution in [-0.2, 0) is 11.3 Å². The van der Waals surface area contributed by atoms with Gasteiger partial charge in [-0.25, -0.2) is 4.98 Å². The van der Waals surface area contributed by atoms with Gasteiger partial charge in [0.2, 0.25) is 11.9 Å². The number of benzene rings is 2. The van der Waals surface area contributed by atoms with E-state index < -0.39 is 0 Å². The van der Waals surface area contributed by atoms with Gasteiger partial charge in [0.25, 0.3) is 0 Å². The number of carbonyl (C=O) groups excluding carboxylic acids is 1. The SMILES string of the molecule is Cc1ccc(CNC(=O)[C@H](CC(C)C)Nc2cc(C)nc(Nc3ccccc3)n2)cc1. The fourth-order valence-electron chi connectivity index (χ4n) is 3.25. The molecule has 0 aliphatic carbocycles. The van der Waals surface area contributed by atoms with Crippen LogP contribution >= 0.6 is 0 Å². The van der Waals surface area contributed by atoms with Crippen molar-refractivity contribution in [1.82, 2.24) is 15.3 Å². The zero-order valence-corrected chi connectivity index (χ0v) is 18.6. The van der Waals surface area contributed by atoms with Crippen LogP contribution in [0.5, 0.6) is 0 Å². The van der Waals surface area contributed by atoms with Crippen molar-refractivity contribution < 1.29 is 4.79 Å². The number of aromatic nitrogens is 2. The van der Waals surface area contributed by atoms with Gasteiger partial charge in [0.15, 0.2) is 0 Å². The number of aryl methyl sites for hydroxylation is 2. The number of amides is 1. The molecule has 0 unspecified atom stereocenters. The Morgan fingerprint density at radius 1 is 0.968 bits per heavy atom. The third-order valence-electron chi connectivity index (χ3n) is 4.82. The average Bonchev–Trinajstić information content (AvgIpc) is 2.72. The van der Waals surface area contributed by atoms with Crippen molar-refractivity contribution in [2.45, 2.75) is 46.7 Å². The number of hydrogen-bond donors (Lipinski definition) is 3. The van der Waals surface area contributed by atoms with Crippen molar-refractivity contribution in [3.8, 4) is 0 Å². The highest BCUT2D eigenvalue weighted by Crippen LogP contribution is 2.18. The molecule has 0 spiro atoms. The Morgan fingerprint density at radius 3 is 2.35 bits per heavy atom. The van der Waals surface area contributed by atoms with Gasteiger partial charge in [0.05, 0.1) is 0 Å². The van der Waals surface area contributed by atoms with Gasteiger partial charge in [-0.2, -0.15) is 4.98 Å². The van der Waals surface area contributed by atoms with Gasteiger partial charge in [-0.1, -0.05) is 61.9 Å². The first-order valence-electron chi connectivity index (χ1n) is 10.7. The standard InChI is InChI=1S/C25H31N5O/c1-17(2)14-22(24(31)26-16-20-12-10-18(3)11-13-20)29-23-15-19(4)27-25(30-23)28-21-8-6-5-7-9-21/h5-13,15,17,22H,14,16H2,1-4H3,(H,26,31)(H2,27,28,29,30)/t22-/m0/s1. The van der Waals surface area contributed by atoms with Gasteiger partial charge in [-0.15, -0.1) is 0 Å². The molecule has 1 heterocycles. The van der Waals surface area contributed by atoms with Gasteiger partial charge < -0.3 is 16.0 Å². The van der Waals surface area contributed by atoms with Crippen molar-refractivity contribution in [1.29, 1.82) is 0 Å². The van der Waals surface area contributed by atoms with E-state index in [2.05, 4.69) is 58.8 Å². The second kappa shape index (κ2) is 10.6. The number of rotatable bonds is 9. The topological polar surface area (TPSA) is 78.9 Å². The molecule has 162 valence electrons. The first-order chi connectivity index (χ1) is 14.9. The van der Waals surface area contributed by atoms with E-state index in [1.165, 1.54) is 5.56 Å². The van der Waals surface area contributed by atoms with Crippen LogP contribution in [0.3, 0.4) is 0 Å². The molecule has 3 rings (SSSR count). The smallest absolute Gasteiger partial charge is 0.242 e. The molecule has 31 heavy (non-hydrogen) atoms. The second-order valence-corrected chi connectivity index (χ2v) is 8.24. The summed E-state index contributed by atoms with van der Waals surface area (Å²) < 4.78 is 0. The predicted octanol–water partition coefficient (Wildman–Crippen LogP) is 4.98. The predicted molar refractivity (Wildman–Crippen MR) is 126 cm³/mol. The van der Waals surface area contributed by atoms with Crippen LogP contribution < -0.4 is 16.0 Å². The Kier molecular flexibility index (Phi) is 7.60. The van der Waals surface area contributed by atoms with Crippen molar-refractivity contribution >= 4 is 23.4 Å². The molecule has 0 fully saturated rings. The maximum Gasteiger partial charge on any atom is 0.242 e. The zero-order chi connectivity index (χ0) is 22.2. The van der Waals surface area contributed by atoms with Crippen LogP contribution in [-0.4, -0.2) is 21.9 Å². The zero-order valence-electron chi connectivity index (χ0n) is 18.6.